The van der Waals surface area contributed by atoms with Crippen LogP contribution in [0.2, 0.25) is 0 Å². The topological polar surface area (TPSA) is 47.3 Å². The summed E-state index contributed by atoms with van der Waals surface area (Å²) >= 11 is 0. The Bertz CT molecular complexity index is 355. The predicted molar refractivity (Wildman–Crippen MR) is 67.8 cm³/mol. The van der Waals surface area contributed by atoms with Gasteiger partial charge in [-0.2, -0.15) is 0 Å². The normalized spacial score (nSPS) is 13.6. The fourth-order valence-electron chi connectivity index (χ4n) is 2.01. The highest BCUT2D eigenvalue weighted by atomic mass is 16.5. The van der Waals surface area contributed by atoms with Crippen molar-refractivity contribution in [2.45, 2.75) is 32.4 Å². The zero-order chi connectivity index (χ0) is 12.3. The first-order valence-corrected chi connectivity index (χ1v) is 5.51. The number of aryl methyl sites for hydroxylation is 1. The third kappa shape index (κ3) is 2.74. The molecule has 0 aliphatic rings. The molecule has 0 heterocycles. The lowest BCUT2D eigenvalue weighted by Crippen LogP contribution is -2.45. The van der Waals surface area contributed by atoms with Crippen molar-refractivity contribution >= 4 is 0 Å². The van der Waals surface area contributed by atoms with Crippen molar-refractivity contribution in [2.24, 2.45) is 5.73 Å². The van der Waals surface area contributed by atoms with E-state index in [2.05, 4.69) is 18.3 Å². The molecule has 0 saturated carbocycles. The van der Waals surface area contributed by atoms with Gasteiger partial charge in [0.2, 0.25) is 0 Å². The Morgan fingerprint density at radius 1 is 1.38 bits per heavy atom. The van der Waals surface area contributed by atoms with E-state index in [1.165, 1.54) is 5.56 Å². The zero-order valence-electron chi connectivity index (χ0n) is 10.8. The molecule has 3 nitrogen and oxygen atoms in total. The average Bonchev–Trinajstić information content (AvgIpc) is 2.17. The number of nitrogens with two attached hydrogens (primary N) is 1. The molecule has 0 aliphatic carbocycles. The minimum Gasteiger partial charge on any atom is -0.496 e. The number of rotatable bonds is 4. The molecule has 1 atom stereocenters. The summed E-state index contributed by atoms with van der Waals surface area (Å²) in [5, 5.41) is 3.26. The molecule has 0 aliphatic heterocycles. The molecule has 90 valence electrons. The van der Waals surface area contributed by atoms with Gasteiger partial charge in [-0.25, -0.2) is 0 Å². The first kappa shape index (κ1) is 13.0. The smallest absolute Gasteiger partial charge is 0.123 e. The number of nitrogens with one attached hydrogen (secondary N) is 1. The van der Waals surface area contributed by atoms with Gasteiger partial charge in [-0.05, 0) is 33.9 Å². The lowest BCUT2D eigenvalue weighted by Gasteiger charge is -2.31. The fraction of sp³-hybridized carbons (Fsp3) is 0.538. The average molecular weight is 222 g/mol. The molecule has 0 amide bonds. The van der Waals surface area contributed by atoms with Gasteiger partial charge in [-0.3, -0.25) is 0 Å². The van der Waals surface area contributed by atoms with E-state index in [1.807, 2.05) is 33.0 Å². The maximum Gasteiger partial charge on any atom is 0.123 e. The van der Waals surface area contributed by atoms with Gasteiger partial charge in [0.15, 0.2) is 0 Å². The Balaban J connectivity index is 3.23. The molecule has 0 spiro atoms. The van der Waals surface area contributed by atoms with Crippen LogP contribution in [0.15, 0.2) is 18.2 Å². The molecule has 3 heteroatoms. The molecule has 1 unspecified atom stereocenters. The molecule has 0 bridgehead atoms. The maximum absolute atomic E-state index is 6.18. The lowest BCUT2D eigenvalue weighted by atomic mass is 9.88. The Labute approximate surface area is 98.0 Å². The van der Waals surface area contributed by atoms with Crippen molar-refractivity contribution in [1.29, 1.82) is 0 Å². The van der Waals surface area contributed by atoms with Gasteiger partial charge >= 0.3 is 0 Å². The summed E-state index contributed by atoms with van der Waals surface area (Å²) in [5.41, 5.74) is 8.16. The van der Waals surface area contributed by atoms with E-state index in [-0.39, 0.29) is 11.6 Å². The summed E-state index contributed by atoms with van der Waals surface area (Å²) in [6.45, 7) is 6.09. The number of methoxy groups -OCH3 is 1. The second-order valence-corrected chi connectivity index (χ2v) is 4.79. The van der Waals surface area contributed by atoms with Crippen LogP contribution in [-0.4, -0.2) is 19.7 Å². The SMILES string of the molecule is CNC(c1cc(C)ccc1OC)C(C)(C)N. The van der Waals surface area contributed by atoms with Crippen molar-refractivity contribution in [2.75, 3.05) is 14.2 Å². The minimum absolute atomic E-state index is 0.0716. The highest BCUT2D eigenvalue weighted by Crippen LogP contribution is 2.31. The van der Waals surface area contributed by atoms with Crippen LogP contribution in [0.3, 0.4) is 0 Å². The minimum atomic E-state index is -0.337. The van der Waals surface area contributed by atoms with Crippen molar-refractivity contribution in [1.82, 2.24) is 5.32 Å². The van der Waals surface area contributed by atoms with Gasteiger partial charge in [0.25, 0.3) is 0 Å². The molecule has 1 aromatic rings. The van der Waals surface area contributed by atoms with E-state index in [4.69, 9.17) is 10.5 Å². The molecule has 3 N–H and O–H groups in total. The summed E-state index contributed by atoms with van der Waals surface area (Å²) < 4.78 is 5.38. The Hall–Kier alpha value is -1.06. The third-order valence-corrected chi connectivity index (χ3v) is 2.73. The van der Waals surface area contributed by atoms with Crippen LogP contribution in [0, 0.1) is 6.92 Å². The molecule has 0 saturated heterocycles. The molecule has 0 radical (unpaired) electrons. The van der Waals surface area contributed by atoms with Gasteiger partial charge in [0, 0.05) is 11.1 Å². The van der Waals surface area contributed by atoms with Gasteiger partial charge in [-0.15, -0.1) is 0 Å². The summed E-state index contributed by atoms with van der Waals surface area (Å²) in [7, 11) is 3.60. The standard InChI is InChI=1S/C13H22N2O/c1-9-6-7-11(16-5)10(8-9)12(15-4)13(2,3)14/h6-8,12,15H,14H2,1-5H3. The zero-order valence-corrected chi connectivity index (χ0v) is 10.8. The van der Waals surface area contributed by atoms with Gasteiger partial charge in [0.05, 0.1) is 13.2 Å². The highest BCUT2D eigenvalue weighted by molar-refractivity contribution is 5.40. The molecular formula is C13H22N2O. The molecular weight excluding hydrogens is 200 g/mol. The largest absolute Gasteiger partial charge is 0.496 e. The van der Waals surface area contributed by atoms with Crippen molar-refractivity contribution in [3.8, 4) is 5.75 Å². The molecule has 1 aromatic carbocycles. The second kappa shape index (κ2) is 4.85. The molecule has 0 fully saturated rings. The van der Waals surface area contributed by atoms with Crippen LogP contribution in [0.25, 0.3) is 0 Å². The summed E-state index contributed by atoms with van der Waals surface area (Å²) in [5.74, 6) is 0.878. The molecule has 1 rings (SSSR count). The maximum atomic E-state index is 6.18. The van der Waals surface area contributed by atoms with E-state index in [0.29, 0.717) is 0 Å². The van der Waals surface area contributed by atoms with Crippen LogP contribution in [-0.2, 0) is 0 Å². The predicted octanol–water partition coefficient (Wildman–Crippen LogP) is 2.00. The van der Waals surface area contributed by atoms with E-state index in [0.717, 1.165) is 11.3 Å². The summed E-state index contributed by atoms with van der Waals surface area (Å²) in [6, 6.07) is 6.22. The number of benzene rings is 1. The van der Waals surface area contributed by atoms with Crippen LogP contribution >= 0.6 is 0 Å². The fourth-order valence-corrected chi connectivity index (χ4v) is 2.01. The van der Waals surface area contributed by atoms with Crippen molar-refractivity contribution in [3.05, 3.63) is 29.3 Å². The van der Waals surface area contributed by atoms with Gasteiger partial charge < -0.3 is 15.8 Å². The van der Waals surface area contributed by atoms with Crippen LogP contribution in [0.5, 0.6) is 5.75 Å². The summed E-state index contributed by atoms with van der Waals surface area (Å²) in [4.78, 5) is 0. The van der Waals surface area contributed by atoms with Gasteiger partial charge in [-0.1, -0.05) is 17.7 Å². The van der Waals surface area contributed by atoms with Crippen LogP contribution in [0.1, 0.15) is 31.0 Å². The van der Waals surface area contributed by atoms with E-state index in [1.54, 1.807) is 7.11 Å². The first-order chi connectivity index (χ1) is 7.40. The van der Waals surface area contributed by atoms with Crippen molar-refractivity contribution < 1.29 is 4.74 Å². The quantitative estimate of drug-likeness (QED) is 0.819. The highest BCUT2D eigenvalue weighted by Gasteiger charge is 2.27. The Kier molecular flexibility index (Phi) is 3.94. The van der Waals surface area contributed by atoms with Crippen LogP contribution < -0.4 is 15.8 Å². The number of hydrogen-bond acceptors (Lipinski definition) is 3. The lowest BCUT2D eigenvalue weighted by molar-refractivity contribution is 0.346. The summed E-state index contributed by atoms with van der Waals surface area (Å²) in [6.07, 6.45) is 0. The van der Waals surface area contributed by atoms with Crippen LogP contribution in [0.4, 0.5) is 0 Å². The monoisotopic (exact) mass is 222 g/mol. The second-order valence-electron chi connectivity index (χ2n) is 4.79. The number of ether oxygens (including phenoxy) is 1. The number of hydrogen-bond donors (Lipinski definition) is 2. The Morgan fingerprint density at radius 3 is 2.44 bits per heavy atom. The van der Waals surface area contributed by atoms with Gasteiger partial charge in [0.1, 0.15) is 5.75 Å². The first-order valence-electron chi connectivity index (χ1n) is 5.51. The number of likely N-dealkylation sites (N-methyl/N-ethyl adjacent to an activating group) is 1. The molecule has 0 aromatic heterocycles. The Morgan fingerprint density at radius 2 is 2.00 bits per heavy atom. The van der Waals surface area contributed by atoms with E-state index >= 15 is 0 Å². The van der Waals surface area contributed by atoms with Crippen molar-refractivity contribution in [3.63, 3.8) is 0 Å². The van der Waals surface area contributed by atoms with E-state index < -0.39 is 0 Å². The third-order valence-electron chi connectivity index (χ3n) is 2.73. The molecule has 16 heavy (non-hydrogen) atoms. The van der Waals surface area contributed by atoms with E-state index in [9.17, 15) is 0 Å².